The average molecular weight is 284 g/mol. The number of hydrogen-bond acceptors (Lipinski definition) is 3. The number of hydrogen-bond donors (Lipinski definition) is 1. The Morgan fingerprint density at radius 3 is 2.79 bits per heavy atom. The van der Waals surface area contributed by atoms with E-state index in [2.05, 4.69) is 11.6 Å². The molecule has 1 N–H and O–H groups in total. The minimum atomic E-state index is -0.142. The van der Waals surface area contributed by atoms with Crippen LogP contribution < -0.4 is 5.32 Å². The Hall–Kier alpha value is -0.710. The van der Waals surface area contributed by atoms with Crippen LogP contribution >= 0.6 is 11.8 Å². The fraction of sp³-hybridized carbons (Fsp3) is 0.857. The summed E-state index contributed by atoms with van der Waals surface area (Å²) < 4.78 is 0. The van der Waals surface area contributed by atoms with Gasteiger partial charge in [-0.2, -0.15) is 11.8 Å². The smallest absolute Gasteiger partial charge is 0.225 e. The molecule has 108 valence electrons. The third-order valence-corrected chi connectivity index (χ3v) is 5.47. The Balaban J connectivity index is 1.88. The third kappa shape index (κ3) is 3.44. The monoisotopic (exact) mass is 284 g/mol. The standard InChI is InChI=1S/C14H24N2O2S/c1-3-16-9-10(8-13(16)17)14(18)15-11-6-4-5-7-12(11)19-2/h10-12H,3-9H2,1-2H3,(H,15,18)/t10-,11+,12-/m1/s1. The van der Waals surface area contributed by atoms with Crippen LogP contribution in [-0.4, -0.2) is 47.4 Å². The Bertz CT molecular complexity index is 348. The fourth-order valence-electron chi connectivity index (χ4n) is 3.10. The zero-order valence-corrected chi connectivity index (χ0v) is 12.7. The van der Waals surface area contributed by atoms with E-state index in [0.29, 0.717) is 30.8 Å². The molecule has 2 aliphatic rings. The molecule has 4 nitrogen and oxygen atoms in total. The summed E-state index contributed by atoms with van der Waals surface area (Å²) in [7, 11) is 0. The summed E-state index contributed by atoms with van der Waals surface area (Å²) in [5, 5.41) is 3.73. The molecule has 0 bridgehead atoms. The molecule has 3 atom stereocenters. The summed E-state index contributed by atoms with van der Waals surface area (Å²) in [6.45, 7) is 3.26. The summed E-state index contributed by atoms with van der Waals surface area (Å²) in [6.07, 6.45) is 7.24. The number of carbonyl (C=O) groups excluding carboxylic acids is 2. The van der Waals surface area contributed by atoms with Crippen LogP contribution in [-0.2, 0) is 9.59 Å². The number of likely N-dealkylation sites (tertiary alicyclic amines) is 1. The normalized spacial score (nSPS) is 31.6. The van der Waals surface area contributed by atoms with Gasteiger partial charge < -0.3 is 10.2 Å². The van der Waals surface area contributed by atoms with E-state index in [9.17, 15) is 9.59 Å². The molecule has 0 spiro atoms. The van der Waals surface area contributed by atoms with E-state index in [1.54, 1.807) is 4.90 Å². The zero-order chi connectivity index (χ0) is 13.8. The van der Waals surface area contributed by atoms with Crippen LogP contribution in [0, 0.1) is 5.92 Å². The van der Waals surface area contributed by atoms with Gasteiger partial charge >= 0.3 is 0 Å². The maximum Gasteiger partial charge on any atom is 0.225 e. The van der Waals surface area contributed by atoms with Crippen LogP contribution in [0.4, 0.5) is 0 Å². The average Bonchev–Trinajstić information content (AvgIpc) is 2.80. The molecule has 1 heterocycles. The first-order chi connectivity index (χ1) is 9.15. The second kappa shape index (κ2) is 6.64. The van der Waals surface area contributed by atoms with Gasteiger partial charge in [0.15, 0.2) is 0 Å². The lowest BCUT2D eigenvalue weighted by atomic mass is 9.94. The molecule has 0 aromatic carbocycles. The number of nitrogens with one attached hydrogen (secondary N) is 1. The summed E-state index contributed by atoms with van der Waals surface area (Å²) in [5.74, 6) is 0.0554. The van der Waals surface area contributed by atoms with Gasteiger partial charge in [0.1, 0.15) is 0 Å². The van der Waals surface area contributed by atoms with Gasteiger partial charge in [-0.15, -0.1) is 0 Å². The number of nitrogens with zero attached hydrogens (tertiary/aromatic N) is 1. The van der Waals surface area contributed by atoms with Crippen LogP contribution in [0.1, 0.15) is 39.0 Å². The van der Waals surface area contributed by atoms with Crippen LogP contribution in [0.25, 0.3) is 0 Å². The van der Waals surface area contributed by atoms with Gasteiger partial charge in [0, 0.05) is 30.8 Å². The van der Waals surface area contributed by atoms with Crippen molar-refractivity contribution in [3.8, 4) is 0 Å². The summed E-state index contributed by atoms with van der Waals surface area (Å²) in [5.41, 5.74) is 0. The summed E-state index contributed by atoms with van der Waals surface area (Å²) in [4.78, 5) is 25.7. The fourth-order valence-corrected chi connectivity index (χ4v) is 4.03. The molecule has 19 heavy (non-hydrogen) atoms. The number of rotatable bonds is 4. The van der Waals surface area contributed by atoms with E-state index < -0.39 is 0 Å². The largest absolute Gasteiger partial charge is 0.352 e. The van der Waals surface area contributed by atoms with E-state index in [4.69, 9.17) is 0 Å². The van der Waals surface area contributed by atoms with Gasteiger partial charge in [0.05, 0.1) is 5.92 Å². The third-order valence-electron chi connectivity index (χ3n) is 4.30. The number of thioether (sulfide) groups is 1. The quantitative estimate of drug-likeness (QED) is 0.854. The van der Waals surface area contributed by atoms with Gasteiger partial charge in [0.25, 0.3) is 0 Å². The van der Waals surface area contributed by atoms with Crippen LogP contribution in [0.3, 0.4) is 0 Å². The second-order valence-corrected chi connectivity index (χ2v) is 6.58. The number of carbonyl (C=O) groups is 2. The molecule has 1 saturated heterocycles. The van der Waals surface area contributed by atoms with Gasteiger partial charge in [-0.3, -0.25) is 9.59 Å². The minimum absolute atomic E-state index is 0.0789. The van der Waals surface area contributed by atoms with Crippen molar-refractivity contribution in [2.45, 2.75) is 50.3 Å². The first-order valence-corrected chi connectivity index (χ1v) is 8.55. The van der Waals surface area contributed by atoms with Gasteiger partial charge in [-0.1, -0.05) is 12.8 Å². The molecule has 1 aliphatic carbocycles. The Morgan fingerprint density at radius 1 is 1.42 bits per heavy atom. The van der Waals surface area contributed by atoms with Gasteiger partial charge in [-0.05, 0) is 26.0 Å². The molecule has 2 amide bonds. The molecule has 5 heteroatoms. The number of amides is 2. The highest BCUT2D eigenvalue weighted by atomic mass is 32.2. The predicted molar refractivity (Wildman–Crippen MR) is 78.1 cm³/mol. The highest BCUT2D eigenvalue weighted by molar-refractivity contribution is 7.99. The first kappa shape index (κ1) is 14.7. The molecular weight excluding hydrogens is 260 g/mol. The predicted octanol–water partition coefficient (Wildman–Crippen LogP) is 1.65. The lowest BCUT2D eigenvalue weighted by molar-refractivity contribution is -0.129. The van der Waals surface area contributed by atoms with Crippen molar-refractivity contribution < 1.29 is 9.59 Å². The van der Waals surface area contributed by atoms with Gasteiger partial charge in [0.2, 0.25) is 11.8 Å². The van der Waals surface area contributed by atoms with E-state index in [1.807, 2.05) is 18.7 Å². The lowest BCUT2D eigenvalue weighted by Gasteiger charge is -2.31. The maximum absolute atomic E-state index is 12.3. The Kier molecular flexibility index (Phi) is 5.13. The van der Waals surface area contributed by atoms with Crippen molar-refractivity contribution in [3.05, 3.63) is 0 Å². The summed E-state index contributed by atoms with van der Waals surface area (Å²) in [6, 6.07) is 0.294. The molecule has 0 aromatic rings. The van der Waals surface area contributed by atoms with Gasteiger partial charge in [-0.25, -0.2) is 0 Å². The van der Waals surface area contributed by atoms with Crippen LogP contribution in [0.15, 0.2) is 0 Å². The molecule has 0 radical (unpaired) electrons. The van der Waals surface area contributed by atoms with Crippen molar-refractivity contribution >= 4 is 23.6 Å². The van der Waals surface area contributed by atoms with E-state index in [1.165, 1.54) is 19.3 Å². The highest BCUT2D eigenvalue weighted by Crippen LogP contribution is 2.28. The Morgan fingerprint density at radius 2 is 2.16 bits per heavy atom. The molecule has 2 rings (SSSR count). The second-order valence-electron chi connectivity index (χ2n) is 5.51. The van der Waals surface area contributed by atoms with Crippen molar-refractivity contribution in [1.82, 2.24) is 10.2 Å². The molecular formula is C14H24N2O2S. The van der Waals surface area contributed by atoms with Crippen molar-refractivity contribution in [1.29, 1.82) is 0 Å². The molecule has 0 aromatic heterocycles. The Labute approximate surface area is 119 Å². The van der Waals surface area contributed by atoms with Crippen molar-refractivity contribution in [2.75, 3.05) is 19.3 Å². The topological polar surface area (TPSA) is 49.4 Å². The molecule has 1 saturated carbocycles. The zero-order valence-electron chi connectivity index (χ0n) is 11.9. The molecule has 1 aliphatic heterocycles. The van der Waals surface area contributed by atoms with Crippen LogP contribution in [0.5, 0.6) is 0 Å². The van der Waals surface area contributed by atoms with E-state index in [0.717, 1.165) is 6.42 Å². The highest BCUT2D eigenvalue weighted by Gasteiger charge is 2.35. The molecule has 2 fully saturated rings. The maximum atomic E-state index is 12.3. The SMILES string of the molecule is CCN1C[C@H](C(=O)N[C@H]2CCCC[C@H]2SC)CC1=O. The summed E-state index contributed by atoms with van der Waals surface area (Å²) >= 11 is 1.85. The van der Waals surface area contributed by atoms with E-state index >= 15 is 0 Å². The van der Waals surface area contributed by atoms with Crippen LogP contribution in [0.2, 0.25) is 0 Å². The van der Waals surface area contributed by atoms with Crippen molar-refractivity contribution in [2.24, 2.45) is 5.92 Å². The van der Waals surface area contributed by atoms with E-state index in [-0.39, 0.29) is 17.7 Å². The molecule has 0 unspecified atom stereocenters. The lowest BCUT2D eigenvalue weighted by Crippen LogP contribution is -2.46. The first-order valence-electron chi connectivity index (χ1n) is 7.26. The minimum Gasteiger partial charge on any atom is -0.352 e. The van der Waals surface area contributed by atoms with Crippen molar-refractivity contribution in [3.63, 3.8) is 0 Å².